The highest BCUT2D eigenvalue weighted by Crippen LogP contribution is 2.37. The lowest BCUT2D eigenvalue weighted by atomic mass is 9.76. The molecule has 0 bridgehead atoms. The van der Waals surface area contributed by atoms with Crippen LogP contribution in [0.25, 0.3) is 11.3 Å². The van der Waals surface area contributed by atoms with Crippen LogP contribution >= 0.6 is 0 Å². The maximum absolute atomic E-state index is 13.8. The van der Waals surface area contributed by atoms with Crippen LogP contribution in [0.1, 0.15) is 53.5 Å². The van der Waals surface area contributed by atoms with E-state index in [-0.39, 0.29) is 23.5 Å². The fourth-order valence-electron chi connectivity index (χ4n) is 4.88. The van der Waals surface area contributed by atoms with Gasteiger partial charge in [-0.3, -0.25) is 4.79 Å². The summed E-state index contributed by atoms with van der Waals surface area (Å²) in [4.78, 5) is 19.0. The van der Waals surface area contributed by atoms with Crippen molar-refractivity contribution < 1.29 is 4.79 Å². The minimum Gasteiger partial charge on any atom is -0.330 e. The number of carbonyl (C=O) groups is 1. The molecular formula is C31H35N3O. The first kappa shape index (κ1) is 24.6. The highest BCUT2D eigenvalue weighted by atomic mass is 16.1. The van der Waals surface area contributed by atoms with Gasteiger partial charge >= 0.3 is 0 Å². The van der Waals surface area contributed by atoms with E-state index in [1.165, 1.54) is 5.56 Å². The second-order valence-electron chi connectivity index (χ2n) is 9.65. The predicted molar refractivity (Wildman–Crippen MR) is 143 cm³/mol. The number of Topliss-reactive ketones (excluding diaryl/α,β-unsaturated/α-hetero) is 1. The van der Waals surface area contributed by atoms with Gasteiger partial charge in [0.15, 0.2) is 5.78 Å². The highest BCUT2D eigenvalue weighted by molar-refractivity contribution is 5.98. The Balaban J connectivity index is 1.81. The summed E-state index contributed by atoms with van der Waals surface area (Å²) in [5.41, 5.74) is 11.1. The normalized spacial score (nSPS) is 13.1. The van der Waals surface area contributed by atoms with Crippen LogP contribution in [0.3, 0.4) is 0 Å². The van der Waals surface area contributed by atoms with E-state index in [0.717, 1.165) is 28.2 Å². The Kier molecular flexibility index (Phi) is 7.94. The van der Waals surface area contributed by atoms with Crippen LogP contribution in [0, 0.1) is 18.8 Å². The van der Waals surface area contributed by atoms with Crippen molar-refractivity contribution in [3.63, 3.8) is 0 Å². The van der Waals surface area contributed by atoms with Gasteiger partial charge < -0.3 is 10.3 Å². The highest BCUT2D eigenvalue weighted by Gasteiger charge is 2.35. The largest absolute Gasteiger partial charge is 0.330 e. The summed E-state index contributed by atoms with van der Waals surface area (Å²) in [6, 6.07) is 28.5. The summed E-state index contributed by atoms with van der Waals surface area (Å²) in [5, 5.41) is 0. The maximum Gasteiger partial charge on any atom is 0.166 e. The molecule has 4 aromatic rings. The van der Waals surface area contributed by atoms with Gasteiger partial charge in [-0.05, 0) is 31.4 Å². The minimum atomic E-state index is -0.247. The van der Waals surface area contributed by atoms with Crippen molar-refractivity contribution in [1.82, 2.24) is 9.55 Å². The molecule has 0 saturated carbocycles. The Bertz CT molecular complexity index is 1230. The van der Waals surface area contributed by atoms with Gasteiger partial charge in [-0.15, -0.1) is 0 Å². The van der Waals surface area contributed by atoms with Gasteiger partial charge in [0.2, 0.25) is 0 Å². The summed E-state index contributed by atoms with van der Waals surface area (Å²) >= 11 is 0. The molecule has 35 heavy (non-hydrogen) atoms. The van der Waals surface area contributed by atoms with E-state index in [9.17, 15) is 4.79 Å². The van der Waals surface area contributed by atoms with Crippen LogP contribution in [0.2, 0.25) is 0 Å². The lowest BCUT2D eigenvalue weighted by Crippen LogP contribution is -2.30. The fraction of sp³-hybridized carbons (Fsp3) is 0.290. The molecular weight excluding hydrogens is 430 g/mol. The van der Waals surface area contributed by atoms with Crippen molar-refractivity contribution in [2.24, 2.45) is 17.6 Å². The van der Waals surface area contributed by atoms with Crippen LogP contribution in [-0.4, -0.2) is 21.9 Å². The number of imidazole rings is 1. The third-order valence-corrected chi connectivity index (χ3v) is 6.67. The molecule has 0 aliphatic heterocycles. The van der Waals surface area contributed by atoms with Gasteiger partial charge in [-0.2, -0.15) is 0 Å². The quantitative estimate of drug-likeness (QED) is 0.272. The van der Waals surface area contributed by atoms with Crippen molar-refractivity contribution in [1.29, 1.82) is 0 Å². The number of nitrogens with zero attached hydrogens (tertiary/aromatic N) is 2. The Hall–Kier alpha value is -3.50. The topological polar surface area (TPSA) is 60.9 Å². The Morgan fingerprint density at radius 2 is 1.54 bits per heavy atom. The number of hydrogen-bond acceptors (Lipinski definition) is 3. The predicted octanol–water partition coefficient (Wildman–Crippen LogP) is 6.49. The van der Waals surface area contributed by atoms with E-state index >= 15 is 0 Å². The van der Waals surface area contributed by atoms with Gasteiger partial charge in [0.05, 0.1) is 5.69 Å². The van der Waals surface area contributed by atoms with Gasteiger partial charge in [0, 0.05) is 35.7 Å². The second kappa shape index (κ2) is 11.3. The van der Waals surface area contributed by atoms with Gasteiger partial charge in [0.25, 0.3) is 0 Å². The van der Waals surface area contributed by atoms with E-state index in [1.54, 1.807) is 0 Å². The molecule has 0 fully saturated rings. The molecule has 4 heteroatoms. The van der Waals surface area contributed by atoms with Crippen LogP contribution < -0.4 is 5.73 Å². The van der Waals surface area contributed by atoms with Crippen LogP contribution in [0.4, 0.5) is 0 Å². The first-order valence-electron chi connectivity index (χ1n) is 12.4. The molecule has 1 unspecified atom stereocenters. The van der Waals surface area contributed by atoms with Crippen molar-refractivity contribution in [3.8, 4) is 11.3 Å². The number of aryl methyl sites for hydroxylation is 1. The molecule has 2 atom stereocenters. The summed E-state index contributed by atoms with van der Waals surface area (Å²) in [5.74, 6) is 0.990. The average molecular weight is 466 g/mol. The van der Waals surface area contributed by atoms with Crippen LogP contribution in [0.15, 0.2) is 91.1 Å². The first-order chi connectivity index (χ1) is 17.0. The molecule has 0 amide bonds. The number of nitrogens with two attached hydrogens (primary N) is 1. The summed E-state index contributed by atoms with van der Waals surface area (Å²) < 4.78 is 2.23. The SMILES string of the molecule is Cc1ccc(C(=O)[C@H](CCN)C(c2nc(-c3ccccc3)cn2Cc2ccccc2)C(C)C)cc1. The third-order valence-electron chi connectivity index (χ3n) is 6.67. The van der Waals surface area contributed by atoms with E-state index in [0.29, 0.717) is 19.5 Å². The lowest BCUT2D eigenvalue weighted by molar-refractivity contribution is 0.0871. The zero-order valence-electron chi connectivity index (χ0n) is 20.9. The number of ketones is 1. The molecule has 3 aromatic carbocycles. The monoisotopic (exact) mass is 465 g/mol. The summed E-state index contributed by atoms with van der Waals surface area (Å²) in [6.07, 6.45) is 2.75. The molecule has 4 nitrogen and oxygen atoms in total. The van der Waals surface area contributed by atoms with Crippen molar-refractivity contribution in [3.05, 3.63) is 114 Å². The molecule has 1 aromatic heterocycles. The first-order valence-corrected chi connectivity index (χ1v) is 12.4. The van der Waals surface area contributed by atoms with Crippen LogP contribution in [-0.2, 0) is 6.54 Å². The minimum absolute atomic E-state index is 0.0615. The van der Waals surface area contributed by atoms with Crippen LogP contribution in [0.5, 0.6) is 0 Å². The molecule has 1 heterocycles. The molecule has 0 radical (unpaired) electrons. The van der Waals surface area contributed by atoms with Gasteiger partial charge in [-0.25, -0.2) is 4.98 Å². The molecule has 4 rings (SSSR count). The van der Waals surface area contributed by atoms with E-state index < -0.39 is 0 Å². The van der Waals surface area contributed by atoms with Crippen molar-refractivity contribution in [2.75, 3.05) is 6.54 Å². The van der Waals surface area contributed by atoms with Gasteiger partial charge in [0.1, 0.15) is 5.82 Å². The average Bonchev–Trinajstić information content (AvgIpc) is 3.28. The van der Waals surface area contributed by atoms with Crippen molar-refractivity contribution >= 4 is 5.78 Å². The summed E-state index contributed by atoms with van der Waals surface area (Å²) in [7, 11) is 0. The number of hydrogen-bond donors (Lipinski definition) is 1. The zero-order chi connectivity index (χ0) is 24.8. The number of benzene rings is 3. The van der Waals surface area contributed by atoms with E-state index in [4.69, 9.17) is 10.7 Å². The molecule has 0 aliphatic carbocycles. The Morgan fingerprint density at radius 1 is 0.914 bits per heavy atom. The second-order valence-corrected chi connectivity index (χ2v) is 9.65. The zero-order valence-corrected chi connectivity index (χ0v) is 20.9. The van der Waals surface area contributed by atoms with Gasteiger partial charge in [-0.1, -0.05) is 104 Å². The third kappa shape index (κ3) is 5.77. The fourth-order valence-corrected chi connectivity index (χ4v) is 4.88. The number of carbonyl (C=O) groups excluding carboxylic acids is 1. The number of aromatic nitrogens is 2. The molecule has 0 spiro atoms. The smallest absolute Gasteiger partial charge is 0.166 e. The molecule has 0 aliphatic rings. The van der Waals surface area contributed by atoms with E-state index in [1.807, 2.05) is 55.5 Å². The number of rotatable bonds is 10. The van der Waals surface area contributed by atoms with E-state index in [2.05, 4.69) is 61.0 Å². The maximum atomic E-state index is 13.8. The standard InChI is InChI=1S/C31H35N3O/c1-22(2)29(27(18-19-32)30(35)26-16-14-23(3)15-17-26)31-33-28(25-12-8-5-9-13-25)21-34(31)20-24-10-6-4-7-11-24/h4-17,21-22,27,29H,18-20,32H2,1-3H3/t27-,29?/m1/s1. The summed E-state index contributed by atoms with van der Waals surface area (Å²) in [6.45, 7) is 7.55. The molecule has 180 valence electrons. The molecule has 2 N–H and O–H groups in total. The Morgan fingerprint density at radius 3 is 2.14 bits per heavy atom. The van der Waals surface area contributed by atoms with Crippen molar-refractivity contribution in [2.45, 2.75) is 39.7 Å². The Labute approximate surface area is 208 Å². The molecule has 0 saturated heterocycles. The lowest BCUT2D eigenvalue weighted by Gasteiger charge is -2.29.